The zero-order valence-electron chi connectivity index (χ0n) is 12.6. The second-order valence-electron chi connectivity index (χ2n) is 5.36. The second kappa shape index (κ2) is 6.77. The molecule has 1 aromatic rings. The van der Waals surface area contributed by atoms with Crippen LogP contribution in [0.5, 0.6) is 0 Å². The first kappa shape index (κ1) is 17.3. The van der Waals surface area contributed by atoms with Gasteiger partial charge in [-0.05, 0) is 38.5 Å². The predicted octanol–water partition coefficient (Wildman–Crippen LogP) is 1.59. The van der Waals surface area contributed by atoms with Crippen LogP contribution in [-0.2, 0) is 21.5 Å². The highest BCUT2D eigenvalue weighted by molar-refractivity contribution is 7.90. The Hall–Kier alpha value is -1.80. The number of carbonyl (C=O) groups excluding carboxylic acids is 1. The van der Waals surface area contributed by atoms with Crippen molar-refractivity contribution in [3.63, 3.8) is 0 Å². The Balaban J connectivity index is 2.54. The molecule has 0 bridgehead atoms. The Morgan fingerprint density at radius 2 is 1.76 bits per heavy atom. The number of ether oxygens (including phenoxy) is 1. The van der Waals surface area contributed by atoms with Crippen LogP contribution in [0.25, 0.3) is 0 Å². The lowest BCUT2D eigenvalue weighted by Crippen LogP contribution is -2.32. The molecule has 7 nitrogen and oxygen atoms in total. The van der Waals surface area contributed by atoms with Gasteiger partial charge in [0, 0.05) is 19.3 Å². The molecule has 0 aliphatic rings. The molecular formula is C13H21N3O4S. The number of nitrogens with one attached hydrogen (secondary N) is 3. The maximum Gasteiger partial charge on any atom is 0.407 e. The summed E-state index contributed by atoms with van der Waals surface area (Å²) in [6, 6.07) is 6.65. The van der Waals surface area contributed by atoms with Crippen LogP contribution in [0.1, 0.15) is 26.3 Å². The maximum absolute atomic E-state index is 11.5. The summed E-state index contributed by atoms with van der Waals surface area (Å²) < 4.78 is 32.2. The highest BCUT2D eigenvalue weighted by Gasteiger charge is 2.15. The van der Waals surface area contributed by atoms with E-state index in [2.05, 4.69) is 14.8 Å². The van der Waals surface area contributed by atoms with Gasteiger partial charge in [-0.1, -0.05) is 12.1 Å². The Bertz CT molecular complexity index is 576. The Kier molecular flexibility index (Phi) is 5.56. The summed E-state index contributed by atoms with van der Waals surface area (Å²) in [4.78, 5) is 11.5. The highest BCUT2D eigenvalue weighted by Crippen LogP contribution is 2.11. The lowest BCUT2D eigenvalue weighted by atomic mass is 10.2. The van der Waals surface area contributed by atoms with Crippen LogP contribution >= 0.6 is 0 Å². The number of rotatable bonds is 5. The molecule has 0 aromatic heterocycles. The number of carbonyl (C=O) groups is 1. The third kappa shape index (κ3) is 6.96. The van der Waals surface area contributed by atoms with Crippen molar-refractivity contribution in [1.82, 2.24) is 10.0 Å². The van der Waals surface area contributed by atoms with Gasteiger partial charge >= 0.3 is 6.09 Å². The summed E-state index contributed by atoms with van der Waals surface area (Å²) in [5.74, 6) is 0. The monoisotopic (exact) mass is 315 g/mol. The quantitative estimate of drug-likeness (QED) is 0.768. The number of hydrogen-bond acceptors (Lipinski definition) is 4. The van der Waals surface area contributed by atoms with E-state index < -0.39 is 21.9 Å². The van der Waals surface area contributed by atoms with Crippen molar-refractivity contribution in [3.8, 4) is 0 Å². The zero-order chi connectivity index (χ0) is 16.1. The van der Waals surface area contributed by atoms with Gasteiger partial charge in [0.2, 0.25) is 0 Å². The molecule has 1 rings (SSSR count). The van der Waals surface area contributed by atoms with Crippen molar-refractivity contribution in [2.75, 3.05) is 11.8 Å². The molecule has 8 heteroatoms. The average Bonchev–Trinajstić information content (AvgIpc) is 2.35. The summed E-state index contributed by atoms with van der Waals surface area (Å²) in [6.07, 6.45) is -0.498. The van der Waals surface area contributed by atoms with E-state index in [-0.39, 0.29) is 0 Å². The first-order valence-electron chi connectivity index (χ1n) is 6.38. The zero-order valence-corrected chi connectivity index (χ0v) is 13.4. The lowest BCUT2D eigenvalue weighted by molar-refractivity contribution is 0.0523. The molecule has 0 aliphatic heterocycles. The molecule has 1 amide bonds. The first-order chi connectivity index (χ1) is 9.61. The normalized spacial score (nSPS) is 11.8. The lowest BCUT2D eigenvalue weighted by Gasteiger charge is -2.19. The third-order valence-electron chi connectivity index (χ3n) is 2.31. The molecule has 0 atom stereocenters. The summed E-state index contributed by atoms with van der Waals surface area (Å²) in [6.45, 7) is 5.66. The number of hydrogen-bond donors (Lipinski definition) is 3. The van der Waals surface area contributed by atoms with Crippen LogP contribution in [0, 0.1) is 0 Å². The summed E-state index contributed by atoms with van der Waals surface area (Å²) in [5, 5.41) is 2.62. The van der Waals surface area contributed by atoms with Crippen molar-refractivity contribution in [1.29, 1.82) is 0 Å². The van der Waals surface area contributed by atoms with Crippen molar-refractivity contribution in [2.24, 2.45) is 0 Å². The topological polar surface area (TPSA) is 96.5 Å². The van der Waals surface area contributed by atoms with Crippen LogP contribution in [0.4, 0.5) is 10.5 Å². The van der Waals surface area contributed by atoms with Crippen molar-refractivity contribution >= 4 is 22.0 Å². The van der Waals surface area contributed by atoms with E-state index in [1.807, 2.05) is 0 Å². The summed E-state index contributed by atoms with van der Waals surface area (Å²) in [7, 11) is -2.20. The van der Waals surface area contributed by atoms with E-state index in [1.165, 1.54) is 7.05 Å². The van der Waals surface area contributed by atoms with E-state index >= 15 is 0 Å². The van der Waals surface area contributed by atoms with Crippen LogP contribution in [0.15, 0.2) is 24.3 Å². The molecule has 118 valence electrons. The average molecular weight is 315 g/mol. The number of amides is 1. The second-order valence-corrected chi connectivity index (χ2v) is 6.98. The smallest absolute Gasteiger partial charge is 0.407 e. The fourth-order valence-corrected chi connectivity index (χ4v) is 1.93. The minimum absolute atomic E-state index is 0.300. The van der Waals surface area contributed by atoms with Crippen molar-refractivity contribution < 1.29 is 17.9 Å². The molecule has 0 heterocycles. The van der Waals surface area contributed by atoms with Crippen LogP contribution < -0.4 is 14.8 Å². The minimum Gasteiger partial charge on any atom is -0.444 e. The van der Waals surface area contributed by atoms with Gasteiger partial charge in [0.1, 0.15) is 5.60 Å². The van der Waals surface area contributed by atoms with Gasteiger partial charge in [0.25, 0.3) is 10.2 Å². The molecule has 0 unspecified atom stereocenters. The first-order valence-corrected chi connectivity index (χ1v) is 7.87. The van der Waals surface area contributed by atoms with Crippen LogP contribution in [0.3, 0.4) is 0 Å². The van der Waals surface area contributed by atoms with E-state index in [0.29, 0.717) is 12.2 Å². The molecule has 0 aliphatic carbocycles. The fourth-order valence-electron chi connectivity index (χ4n) is 1.39. The molecule has 0 saturated heterocycles. The molecular weight excluding hydrogens is 294 g/mol. The largest absolute Gasteiger partial charge is 0.444 e. The minimum atomic E-state index is -3.52. The van der Waals surface area contributed by atoms with Gasteiger partial charge in [0.15, 0.2) is 0 Å². The molecule has 0 fully saturated rings. The summed E-state index contributed by atoms with van der Waals surface area (Å²) >= 11 is 0. The van der Waals surface area contributed by atoms with Gasteiger partial charge in [-0.2, -0.15) is 8.42 Å². The number of alkyl carbamates (subject to hydrolysis) is 1. The van der Waals surface area contributed by atoms with Crippen molar-refractivity contribution in [2.45, 2.75) is 32.9 Å². The van der Waals surface area contributed by atoms with Gasteiger partial charge in [0.05, 0.1) is 0 Å². The van der Waals surface area contributed by atoms with Gasteiger partial charge in [-0.25, -0.2) is 9.52 Å². The number of benzene rings is 1. The maximum atomic E-state index is 11.5. The van der Waals surface area contributed by atoms with Gasteiger partial charge < -0.3 is 10.1 Å². The Morgan fingerprint density at radius 1 is 1.19 bits per heavy atom. The SMILES string of the molecule is CNS(=O)(=O)Nc1ccc(CNC(=O)OC(C)(C)C)cc1. The van der Waals surface area contributed by atoms with Crippen LogP contribution in [-0.4, -0.2) is 27.2 Å². The Labute approximate surface area is 125 Å². The van der Waals surface area contributed by atoms with E-state index in [0.717, 1.165) is 5.56 Å². The van der Waals surface area contributed by atoms with Crippen molar-refractivity contribution in [3.05, 3.63) is 29.8 Å². The summed E-state index contributed by atoms with van der Waals surface area (Å²) in [5.41, 5.74) is 0.720. The van der Waals surface area contributed by atoms with E-state index in [4.69, 9.17) is 4.74 Å². The molecule has 0 saturated carbocycles. The molecule has 21 heavy (non-hydrogen) atoms. The predicted molar refractivity (Wildman–Crippen MR) is 81.1 cm³/mol. The highest BCUT2D eigenvalue weighted by atomic mass is 32.2. The molecule has 3 N–H and O–H groups in total. The van der Waals surface area contributed by atoms with Crippen LogP contribution in [0.2, 0.25) is 0 Å². The fraction of sp³-hybridized carbons (Fsp3) is 0.462. The molecule has 0 spiro atoms. The van der Waals surface area contributed by atoms with Gasteiger partial charge in [-0.15, -0.1) is 0 Å². The molecule has 1 aromatic carbocycles. The number of anilines is 1. The standard InChI is InChI=1S/C13H21N3O4S/c1-13(2,3)20-12(17)15-9-10-5-7-11(8-6-10)16-21(18,19)14-4/h5-8,14,16H,9H2,1-4H3,(H,15,17). The molecule has 0 radical (unpaired) electrons. The Morgan fingerprint density at radius 3 is 2.24 bits per heavy atom. The van der Waals surface area contributed by atoms with Gasteiger partial charge in [-0.3, -0.25) is 4.72 Å². The van der Waals surface area contributed by atoms with E-state index in [9.17, 15) is 13.2 Å². The van der Waals surface area contributed by atoms with E-state index in [1.54, 1.807) is 45.0 Å². The third-order valence-corrected chi connectivity index (χ3v) is 3.35.